The molecule has 7 nitrogen and oxygen atoms in total. The number of carbonyl (C=O) groups excluding carboxylic acids is 3. The van der Waals surface area contributed by atoms with Crippen LogP contribution in [0.5, 0.6) is 0 Å². The lowest BCUT2D eigenvalue weighted by Crippen LogP contribution is -2.66. The minimum Gasteiger partial charge on any atom is -0.460 e. The molecule has 0 aromatic rings. The number of hydrogen-bond acceptors (Lipinski definition) is 6. The standard InChI is InChI=1S/C22H33NO6/c1-12(2)17(23-13(3)24)19(26)29-16-9-10-20(4,5)15-8-7-14-18(25)28-11-22(14,27)21(15,16)6/h7,12,15-17,27H,8-11H2,1-6H3,(H,23,24)/t15-,16+,17+,21+,22-/m0/s1. The van der Waals surface area contributed by atoms with Crippen LogP contribution in [0.1, 0.15) is 60.8 Å². The Morgan fingerprint density at radius 2 is 1.97 bits per heavy atom. The van der Waals surface area contributed by atoms with E-state index in [0.29, 0.717) is 12.8 Å². The third-order valence-corrected chi connectivity index (χ3v) is 7.45. The summed E-state index contributed by atoms with van der Waals surface area (Å²) in [6.07, 6.45) is 3.21. The third-order valence-electron chi connectivity index (χ3n) is 7.45. The Kier molecular flexibility index (Phi) is 5.35. The maximum Gasteiger partial charge on any atom is 0.336 e. The number of fused-ring (bicyclic) bond motifs is 3. The van der Waals surface area contributed by atoms with Crippen molar-refractivity contribution in [1.29, 1.82) is 0 Å². The molecule has 1 saturated heterocycles. The monoisotopic (exact) mass is 407 g/mol. The molecule has 2 aliphatic carbocycles. The average molecular weight is 408 g/mol. The molecule has 3 rings (SSSR count). The SMILES string of the molecule is CC(=O)N[C@@H](C(=O)O[C@@H]1CCC(C)(C)[C@@H]2CC=C3C(=O)OC[C@@]3(O)[C@@]12C)C(C)C. The number of nitrogens with one attached hydrogen (secondary N) is 1. The van der Waals surface area contributed by atoms with Gasteiger partial charge in [0, 0.05) is 12.3 Å². The number of carbonyl (C=O) groups is 3. The summed E-state index contributed by atoms with van der Waals surface area (Å²) in [5, 5.41) is 14.3. The van der Waals surface area contributed by atoms with Gasteiger partial charge in [-0.25, -0.2) is 9.59 Å². The van der Waals surface area contributed by atoms with Crippen LogP contribution in [0.2, 0.25) is 0 Å². The molecule has 3 aliphatic rings. The van der Waals surface area contributed by atoms with Gasteiger partial charge in [0.1, 0.15) is 24.4 Å². The molecule has 1 saturated carbocycles. The van der Waals surface area contributed by atoms with Crippen molar-refractivity contribution in [2.75, 3.05) is 6.61 Å². The molecule has 0 unspecified atom stereocenters. The number of ether oxygens (including phenoxy) is 2. The van der Waals surface area contributed by atoms with E-state index in [-0.39, 0.29) is 35.3 Å². The van der Waals surface area contributed by atoms with Crippen molar-refractivity contribution >= 4 is 17.8 Å². The Labute approximate surface area is 172 Å². The summed E-state index contributed by atoms with van der Waals surface area (Å²) in [5.41, 5.74) is -2.21. The lowest BCUT2D eigenvalue weighted by molar-refractivity contribution is -0.217. The molecule has 0 spiro atoms. The van der Waals surface area contributed by atoms with Crippen LogP contribution in [-0.4, -0.2) is 47.3 Å². The molecule has 1 heterocycles. The first-order chi connectivity index (χ1) is 13.3. The fourth-order valence-electron chi connectivity index (χ4n) is 5.67. The number of rotatable bonds is 4. The lowest BCUT2D eigenvalue weighted by atomic mass is 9.46. The minimum absolute atomic E-state index is 0.00284. The van der Waals surface area contributed by atoms with Gasteiger partial charge < -0.3 is 19.9 Å². The van der Waals surface area contributed by atoms with Gasteiger partial charge in [-0.2, -0.15) is 0 Å². The van der Waals surface area contributed by atoms with E-state index in [1.807, 2.05) is 20.8 Å². The number of esters is 2. The maximum absolute atomic E-state index is 13.0. The van der Waals surface area contributed by atoms with E-state index in [1.165, 1.54) is 6.92 Å². The smallest absolute Gasteiger partial charge is 0.336 e. The Hall–Kier alpha value is -1.89. The van der Waals surface area contributed by atoms with Crippen molar-refractivity contribution in [3.8, 4) is 0 Å². The van der Waals surface area contributed by atoms with Crippen molar-refractivity contribution in [2.24, 2.45) is 22.7 Å². The highest BCUT2D eigenvalue weighted by Crippen LogP contribution is 2.63. The van der Waals surface area contributed by atoms with E-state index in [4.69, 9.17) is 9.47 Å². The van der Waals surface area contributed by atoms with Crippen LogP contribution in [-0.2, 0) is 23.9 Å². The maximum atomic E-state index is 13.0. The summed E-state index contributed by atoms with van der Waals surface area (Å²) in [6, 6.07) is -0.765. The van der Waals surface area contributed by atoms with Crippen molar-refractivity contribution < 1.29 is 29.0 Å². The highest BCUT2D eigenvalue weighted by atomic mass is 16.6. The molecule has 1 amide bonds. The fraction of sp³-hybridized carbons (Fsp3) is 0.773. The second-order valence-electron chi connectivity index (χ2n) is 10.0. The molecule has 0 aromatic carbocycles. The van der Waals surface area contributed by atoms with Gasteiger partial charge in [0.15, 0.2) is 0 Å². The lowest BCUT2D eigenvalue weighted by Gasteiger charge is -2.60. The van der Waals surface area contributed by atoms with Gasteiger partial charge in [0.2, 0.25) is 5.91 Å². The van der Waals surface area contributed by atoms with E-state index in [0.717, 1.165) is 6.42 Å². The van der Waals surface area contributed by atoms with Crippen molar-refractivity contribution in [1.82, 2.24) is 5.32 Å². The fourth-order valence-corrected chi connectivity index (χ4v) is 5.67. The summed E-state index contributed by atoms with van der Waals surface area (Å²) in [4.78, 5) is 36.8. The Bertz CT molecular complexity index is 756. The largest absolute Gasteiger partial charge is 0.460 e. The third kappa shape index (κ3) is 3.27. The van der Waals surface area contributed by atoms with E-state index in [9.17, 15) is 19.5 Å². The van der Waals surface area contributed by atoms with Gasteiger partial charge >= 0.3 is 11.9 Å². The van der Waals surface area contributed by atoms with Gasteiger partial charge in [0.25, 0.3) is 0 Å². The van der Waals surface area contributed by atoms with Crippen LogP contribution in [0.25, 0.3) is 0 Å². The van der Waals surface area contributed by atoms with Crippen LogP contribution >= 0.6 is 0 Å². The highest BCUT2D eigenvalue weighted by molar-refractivity contribution is 5.94. The molecule has 7 heteroatoms. The Morgan fingerprint density at radius 3 is 2.55 bits per heavy atom. The summed E-state index contributed by atoms with van der Waals surface area (Å²) >= 11 is 0. The van der Waals surface area contributed by atoms with Gasteiger partial charge in [-0.1, -0.05) is 40.7 Å². The summed E-state index contributed by atoms with van der Waals surface area (Å²) in [7, 11) is 0. The highest BCUT2D eigenvalue weighted by Gasteiger charge is 2.69. The molecule has 2 N–H and O–H groups in total. The van der Waals surface area contributed by atoms with Crippen LogP contribution < -0.4 is 5.32 Å². The van der Waals surface area contributed by atoms with E-state index in [2.05, 4.69) is 19.2 Å². The number of aliphatic hydroxyl groups is 1. The predicted octanol–water partition coefficient (Wildman–Crippen LogP) is 2.12. The molecule has 1 aliphatic heterocycles. The topological polar surface area (TPSA) is 102 Å². The first-order valence-electron chi connectivity index (χ1n) is 10.4. The first kappa shape index (κ1) is 21.8. The zero-order valence-corrected chi connectivity index (χ0v) is 18.2. The quantitative estimate of drug-likeness (QED) is 0.692. The van der Waals surface area contributed by atoms with Crippen LogP contribution in [0.15, 0.2) is 11.6 Å². The number of hydrogen-bond donors (Lipinski definition) is 2. The first-order valence-corrected chi connectivity index (χ1v) is 10.4. The Balaban J connectivity index is 1.97. The molecule has 0 aromatic heterocycles. The predicted molar refractivity (Wildman–Crippen MR) is 106 cm³/mol. The van der Waals surface area contributed by atoms with Gasteiger partial charge in [-0.05, 0) is 36.5 Å². The summed E-state index contributed by atoms with van der Waals surface area (Å²) in [6.45, 7) is 11.1. The van der Waals surface area contributed by atoms with Gasteiger partial charge in [-0.15, -0.1) is 0 Å². The normalized spacial score (nSPS) is 36.4. The number of amides is 1. The summed E-state index contributed by atoms with van der Waals surface area (Å²) in [5.74, 6) is -1.45. The Morgan fingerprint density at radius 1 is 1.31 bits per heavy atom. The molecule has 0 bridgehead atoms. The molecule has 162 valence electrons. The van der Waals surface area contributed by atoms with E-state index >= 15 is 0 Å². The van der Waals surface area contributed by atoms with E-state index in [1.54, 1.807) is 6.08 Å². The minimum atomic E-state index is -1.50. The average Bonchev–Trinajstić information content (AvgIpc) is 2.91. The molecule has 29 heavy (non-hydrogen) atoms. The van der Waals surface area contributed by atoms with Gasteiger partial charge in [0.05, 0.1) is 5.57 Å². The van der Waals surface area contributed by atoms with Gasteiger partial charge in [-0.3, -0.25) is 4.79 Å². The zero-order valence-electron chi connectivity index (χ0n) is 18.2. The van der Waals surface area contributed by atoms with Crippen LogP contribution in [0.3, 0.4) is 0 Å². The van der Waals surface area contributed by atoms with Crippen LogP contribution in [0.4, 0.5) is 0 Å². The van der Waals surface area contributed by atoms with Crippen molar-refractivity contribution in [3.05, 3.63) is 11.6 Å². The van der Waals surface area contributed by atoms with E-state index < -0.39 is 35.1 Å². The number of cyclic esters (lactones) is 1. The number of allylic oxidation sites excluding steroid dienone is 1. The molecule has 5 atom stereocenters. The van der Waals surface area contributed by atoms with Crippen molar-refractivity contribution in [3.63, 3.8) is 0 Å². The molecule has 2 fully saturated rings. The molecule has 0 radical (unpaired) electrons. The molecular formula is C22H33NO6. The van der Waals surface area contributed by atoms with Crippen LogP contribution in [0, 0.1) is 22.7 Å². The zero-order chi connectivity index (χ0) is 21.8. The summed E-state index contributed by atoms with van der Waals surface area (Å²) < 4.78 is 11.2. The van der Waals surface area contributed by atoms with Crippen molar-refractivity contribution in [2.45, 2.75) is 78.6 Å². The second kappa shape index (κ2) is 7.11. The molecular weight excluding hydrogens is 374 g/mol. The second-order valence-corrected chi connectivity index (χ2v) is 10.0.